The van der Waals surface area contributed by atoms with Crippen LogP contribution in [0.1, 0.15) is 23.5 Å². The molecule has 1 atom stereocenters. The van der Waals surface area contributed by atoms with Crippen LogP contribution >= 0.6 is 0 Å². The third-order valence-electron chi connectivity index (χ3n) is 2.97. The second kappa shape index (κ2) is 6.55. The molecule has 0 spiro atoms. The van der Waals surface area contributed by atoms with Gasteiger partial charge in [0, 0.05) is 11.9 Å². The van der Waals surface area contributed by atoms with Gasteiger partial charge in [-0.25, -0.2) is 0 Å². The predicted octanol–water partition coefficient (Wildman–Crippen LogP) is 2.62. The van der Waals surface area contributed by atoms with Crippen LogP contribution in [-0.4, -0.2) is 5.97 Å². The molecule has 2 nitrogen and oxygen atoms in total. The highest BCUT2D eigenvalue weighted by Crippen LogP contribution is 2.19. The van der Waals surface area contributed by atoms with Crippen molar-refractivity contribution < 1.29 is 9.90 Å². The average molecular weight is 251 g/mol. The highest BCUT2D eigenvalue weighted by atomic mass is 16.4. The molecule has 0 fully saturated rings. The van der Waals surface area contributed by atoms with Gasteiger partial charge in [-0.1, -0.05) is 72.8 Å². The van der Waals surface area contributed by atoms with Gasteiger partial charge in [0.1, 0.15) is 0 Å². The number of carbonyl (C=O) groups is 1. The summed E-state index contributed by atoms with van der Waals surface area (Å²) in [4.78, 5) is 11.2. The highest BCUT2D eigenvalue weighted by molar-refractivity contribution is 5.74. The Morgan fingerprint density at radius 2 is 1.58 bits per heavy atom. The molecular weight excluding hydrogens is 236 g/mol. The van der Waals surface area contributed by atoms with Crippen molar-refractivity contribution >= 4 is 12.0 Å². The van der Waals surface area contributed by atoms with Gasteiger partial charge in [0.15, 0.2) is 0 Å². The summed E-state index contributed by atoms with van der Waals surface area (Å²) in [5.41, 5.74) is 1.84. The Balaban J connectivity index is 2.07. The van der Waals surface area contributed by atoms with Gasteiger partial charge in [0.2, 0.25) is 0 Å². The summed E-state index contributed by atoms with van der Waals surface area (Å²) < 4.78 is 0. The first-order valence-corrected chi connectivity index (χ1v) is 6.25. The number of benzene rings is 2. The Hall–Kier alpha value is -2.35. The third kappa shape index (κ3) is 3.81. The SMILES string of the molecule is O=C([O-])C(CC=Cc1ccccc1)c1ccccc1. The molecule has 0 aliphatic rings. The number of hydrogen-bond donors (Lipinski definition) is 0. The standard InChI is InChI=1S/C17H16O2/c18-17(19)16(15-11-5-2-6-12-15)13-7-10-14-8-3-1-4-9-14/h1-12,16H,13H2,(H,18,19)/p-1. The van der Waals surface area contributed by atoms with E-state index in [0.29, 0.717) is 6.42 Å². The first-order chi connectivity index (χ1) is 9.27. The molecule has 0 aliphatic carbocycles. The van der Waals surface area contributed by atoms with Crippen molar-refractivity contribution in [3.63, 3.8) is 0 Å². The van der Waals surface area contributed by atoms with Crippen LogP contribution in [0.5, 0.6) is 0 Å². The molecule has 19 heavy (non-hydrogen) atoms. The number of carbonyl (C=O) groups excluding carboxylic acids is 1. The maximum Gasteiger partial charge on any atom is 0.0492 e. The zero-order valence-corrected chi connectivity index (χ0v) is 10.5. The van der Waals surface area contributed by atoms with E-state index in [1.165, 1.54) is 0 Å². The fourth-order valence-corrected chi connectivity index (χ4v) is 1.96. The van der Waals surface area contributed by atoms with Crippen molar-refractivity contribution in [1.82, 2.24) is 0 Å². The van der Waals surface area contributed by atoms with Gasteiger partial charge >= 0.3 is 0 Å². The van der Waals surface area contributed by atoms with Gasteiger partial charge in [0.25, 0.3) is 0 Å². The van der Waals surface area contributed by atoms with Crippen molar-refractivity contribution in [2.45, 2.75) is 12.3 Å². The van der Waals surface area contributed by atoms with E-state index in [9.17, 15) is 9.90 Å². The van der Waals surface area contributed by atoms with Crippen LogP contribution in [0.25, 0.3) is 6.08 Å². The molecule has 0 aromatic heterocycles. The molecule has 96 valence electrons. The van der Waals surface area contributed by atoms with E-state index in [1.54, 1.807) is 0 Å². The van der Waals surface area contributed by atoms with Crippen molar-refractivity contribution in [2.75, 3.05) is 0 Å². The summed E-state index contributed by atoms with van der Waals surface area (Å²) >= 11 is 0. The first kappa shape index (κ1) is 13.1. The van der Waals surface area contributed by atoms with Crippen molar-refractivity contribution in [2.24, 2.45) is 0 Å². The Labute approximate surface area is 113 Å². The summed E-state index contributed by atoms with van der Waals surface area (Å²) in [6.07, 6.45) is 4.24. The maximum absolute atomic E-state index is 11.2. The summed E-state index contributed by atoms with van der Waals surface area (Å²) in [7, 11) is 0. The Bertz CT molecular complexity index is 544. The van der Waals surface area contributed by atoms with E-state index < -0.39 is 11.9 Å². The van der Waals surface area contributed by atoms with Crippen molar-refractivity contribution in [3.05, 3.63) is 77.9 Å². The minimum Gasteiger partial charge on any atom is -0.549 e. The molecule has 0 N–H and O–H groups in total. The second-order valence-electron chi connectivity index (χ2n) is 4.33. The molecule has 0 saturated heterocycles. The van der Waals surface area contributed by atoms with Crippen LogP contribution in [0.3, 0.4) is 0 Å². The Morgan fingerprint density at radius 3 is 2.16 bits per heavy atom. The van der Waals surface area contributed by atoms with E-state index >= 15 is 0 Å². The lowest BCUT2D eigenvalue weighted by Gasteiger charge is -2.16. The lowest BCUT2D eigenvalue weighted by atomic mass is 9.95. The van der Waals surface area contributed by atoms with Gasteiger partial charge in [-0.2, -0.15) is 0 Å². The molecule has 0 amide bonds. The summed E-state index contributed by atoms with van der Waals surface area (Å²) in [6.45, 7) is 0. The molecule has 2 rings (SSSR count). The van der Waals surface area contributed by atoms with E-state index in [2.05, 4.69) is 0 Å². The van der Waals surface area contributed by atoms with Crippen LogP contribution in [0.4, 0.5) is 0 Å². The molecule has 2 heteroatoms. The first-order valence-electron chi connectivity index (χ1n) is 6.25. The second-order valence-corrected chi connectivity index (χ2v) is 4.33. The summed E-state index contributed by atoms with van der Waals surface area (Å²) in [6, 6.07) is 19.0. The Morgan fingerprint density at radius 1 is 1.00 bits per heavy atom. The molecule has 1 unspecified atom stereocenters. The summed E-state index contributed by atoms with van der Waals surface area (Å²) in [5, 5.41) is 11.2. The summed E-state index contributed by atoms with van der Waals surface area (Å²) in [5.74, 6) is -1.63. The van der Waals surface area contributed by atoms with E-state index in [1.807, 2.05) is 72.8 Å². The topological polar surface area (TPSA) is 40.1 Å². The monoisotopic (exact) mass is 251 g/mol. The molecule has 0 heterocycles. The molecular formula is C17H15O2-. The van der Waals surface area contributed by atoms with Gasteiger partial charge in [-0.3, -0.25) is 0 Å². The number of rotatable bonds is 5. The van der Waals surface area contributed by atoms with Gasteiger partial charge in [-0.05, 0) is 17.5 Å². The van der Waals surface area contributed by atoms with Gasteiger partial charge in [-0.15, -0.1) is 0 Å². The maximum atomic E-state index is 11.2. The number of allylic oxidation sites excluding steroid dienone is 1. The van der Waals surface area contributed by atoms with Crippen molar-refractivity contribution in [3.8, 4) is 0 Å². The number of carboxylic acid groups (broad SMARTS) is 1. The molecule has 2 aromatic carbocycles. The van der Waals surface area contributed by atoms with Gasteiger partial charge in [0.05, 0.1) is 0 Å². The fourth-order valence-electron chi connectivity index (χ4n) is 1.96. The molecule has 0 bridgehead atoms. The quantitative estimate of drug-likeness (QED) is 0.819. The minimum absolute atomic E-state index is 0.432. The van der Waals surface area contributed by atoms with E-state index in [-0.39, 0.29) is 0 Å². The fraction of sp³-hybridized carbons (Fsp3) is 0.118. The van der Waals surface area contributed by atoms with Crippen LogP contribution in [0.2, 0.25) is 0 Å². The number of aliphatic carboxylic acids is 1. The van der Waals surface area contributed by atoms with E-state index in [0.717, 1.165) is 11.1 Å². The zero-order chi connectivity index (χ0) is 13.5. The zero-order valence-electron chi connectivity index (χ0n) is 10.5. The third-order valence-corrected chi connectivity index (χ3v) is 2.97. The highest BCUT2D eigenvalue weighted by Gasteiger charge is 2.10. The Kier molecular flexibility index (Phi) is 4.51. The lowest BCUT2D eigenvalue weighted by Crippen LogP contribution is -2.29. The molecule has 0 saturated carbocycles. The van der Waals surface area contributed by atoms with Crippen LogP contribution in [0.15, 0.2) is 66.7 Å². The van der Waals surface area contributed by atoms with E-state index in [4.69, 9.17) is 0 Å². The van der Waals surface area contributed by atoms with Crippen LogP contribution in [0, 0.1) is 0 Å². The lowest BCUT2D eigenvalue weighted by molar-refractivity contribution is -0.307. The predicted molar refractivity (Wildman–Crippen MR) is 74.3 cm³/mol. The number of hydrogen-bond acceptors (Lipinski definition) is 2. The average Bonchev–Trinajstić information content (AvgIpc) is 2.45. The number of carboxylic acids is 1. The van der Waals surface area contributed by atoms with Crippen LogP contribution < -0.4 is 5.11 Å². The normalized spacial score (nSPS) is 12.4. The van der Waals surface area contributed by atoms with Crippen LogP contribution in [-0.2, 0) is 4.79 Å². The smallest absolute Gasteiger partial charge is 0.0492 e. The molecule has 0 radical (unpaired) electrons. The van der Waals surface area contributed by atoms with Crippen molar-refractivity contribution in [1.29, 1.82) is 0 Å². The minimum atomic E-state index is -1.04. The largest absolute Gasteiger partial charge is 0.549 e. The van der Waals surface area contributed by atoms with Gasteiger partial charge < -0.3 is 9.90 Å². The molecule has 0 aliphatic heterocycles. The molecule has 2 aromatic rings.